The number of methoxy groups -OCH3 is 1. The Bertz CT molecular complexity index is 640. The average Bonchev–Trinajstić information content (AvgIpc) is 2.49. The minimum absolute atomic E-state index is 0.274. The van der Waals surface area contributed by atoms with E-state index in [1.165, 1.54) is 7.11 Å². The third-order valence-electron chi connectivity index (χ3n) is 2.78. The van der Waals surface area contributed by atoms with Crippen LogP contribution in [-0.2, 0) is 4.74 Å². The molecule has 0 atom stereocenters. The molecular formula is C16H17NO4. The molecule has 5 heteroatoms. The molecule has 0 heterocycles. The molecule has 5 nitrogen and oxygen atoms in total. The third kappa shape index (κ3) is 3.66. The molecule has 21 heavy (non-hydrogen) atoms. The molecule has 2 aromatic rings. The first kappa shape index (κ1) is 14.7. The molecule has 0 amide bonds. The zero-order valence-electron chi connectivity index (χ0n) is 12.0. The molecule has 0 unspecified atom stereocenters. The number of hydrogen-bond donors (Lipinski definition) is 1. The summed E-state index contributed by atoms with van der Waals surface area (Å²) in [5, 5.41) is 0. The van der Waals surface area contributed by atoms with Gasteiger partial charge in [0.05, 0.1) is 19.3 Å². The lowest BCUT2D eigenvalue weighted by Gasteiger charge is -2.10. The summed E-state index contributed by atoms with van der Waals surface area (Å²) in [5.74, 6) is 1.33. The highest BCUT2D eigenvalue weighted by Gasteiger charge is 2.11. The normalized spacial score (nSPS) is 10.0. The summed E-state index contributed by atoms with van der Waals surface area (Å²) in [6.45, 7) is 2.49. The van der Waals surface area contributed by atoms with Crippen molar-refractivity contribution in [1.82, 2.24) is 0 Å². The molecule has 0 fully saturated rings. The highest BCUT2D eigenvalue weighted by molar-refractivity contribution is 5.95. The van der Waals surface area contributed by atoms with E-state index >= 15 is 0 Å². The molecule has 0 aromatic heterocycles. The van der Waals surface area contributed by atoms with Crippen LogP contribution in [0.25, 0.3) is 0 Å². The van der Waals surface area contributed by atoms with Crippen LogP contribution in [0.5, 0.6) is 17.2 Å². The van der Waals surface area contributed by atoms with Gasteiger partial charge in [0.15, 0.2) is 0 Å². The Labute approximate surface area is 123 Å². The van der Waals surface area contributed by atoms with E-state index in [-0.39, 0.29) is 5.56 Å². The molecule has 0 saturated carbocycles. The van der Waals surface area contributed by atoms with Gasteiger partial charge in [-0.15, -0.1) is 0 Å². The van der Waals surface area contributed by atoms with Gasteiger partial charge in [0.1, 0.15) is 17.2 Å². The van der Waals surface area contributed by atoms with Crippen molar-refractivity contribution in [3.8, 4) is 17.2 Å². The summed E-state index contributed by atoms with van der Waals surface area (Å²) in [6, 6.07) is 12.1. The van der Waals surface area contributed by atoms with Crippen molar-refractivity contribution >= 4 is 11.7 Å². The van der Waals surface area contributed by atoms with E-state index in [0.717, 1.165) is 5.75 Å². The van der Waals surface area contributed by atoms with Crippen LogP contribution in [0.2, 0.25) is 0 Å². The van der Waals surface area contributed by atoms with Crippen LogP contribution in [0.15, 0.2) is 42.5 Å². The number of nitrogens with two attached hydrogens (primary N) is 1. The molecule has 2 N–H and O–H groups in total. The van der Waals surface area contributed by atoms with Crippen LogP contribution < -0.4 is 15.2 Å². The van der Waals surface area contributed by atoms with Crippen molar-refractivity contribution < 1.29 is 19.0 Å². The molecule has 0 spiro atoms. The molecule has 0 bridgehead atoms. The van der Waals surface area contributed by atoms with Crippen LogP contribution in [-0.4, -0.2) is 19.7 Å². The van der Waals surface area contributed by atoms with Gasteiger partial charge in [-0.25, -0.2) is 4.79 Å². The lowest BCUT2D eigenvalue weighted by Crippen LogP contribution is -2.05. The van der Waals surface area contributed by atoms with Gasteiger partial charge in [-0.3, -0.25) is 0 Å². The molecule has 2 rings (SSSR count). The van der Waals surface area contributed by atoms with Gasteiger partial charge < -0.3 is 19.9 Å². The van der Waals surface area contributed by atoms with Crippen LogP contribution in [0, 0.1) is 0 Å². The van der Waals surface area contributed by atoms with E-state index in [9.17, 15) is 4.79 Å². The molecule has 110 valence electrons. The Kier molecular flexibility index (Phi) is 4.66. The Morgan fingerprint density at radius 2 is 1.81 bits per heavy atom. The summed E-state index contributed by atoms with van der Waals surface area (Å²) < 4.78 is 15.8. The third-order valence-corrected chi connectivity index (χ3v) is 2.78. The van der Waals surface area contributed by atoms with Gasteiger partial charge >= 0.3 is 5.97 Å². The first-order chi connectivity index (χ1) is 10.1. The second-order valence-corrected chi connectivity index (χ2v) is 4.25. The number of carbonyl (C=O) groups excluding carboxylic acids is 1. The first-order valence-electron chi connectivity index (χ1n) is 6.52. The maximum Gasteiger partial charge on any atom is 0.340 e. The molecule has 0 saturated heterocycles. The van der Waals surface area contributed by atoms with E-state index in [1.54, 1.807) is 30.3 Å². The predicted octanol–water partition coefficient (Wildman–Crippen LogP) is 3.25. The Morgan fingerprint density at radius 1 is 1.10 bits per heavy atom. The second kappa shape index (κ2) is 6.65. The largest absolute Gasteiger partial charge is 0.494 e. The molecule has 0 aliphatic carbocycles. The topological polar surface area (TPSA) is 70.8 Å². The monoisotopic (exact) mass is 287 g/mol. The number of carbonyl (C=O) groups is 1. The summed E-state index contributed by atoms with van der Waals surface area (Å²) >= 11 is 0. The van der Waals surface area contributed by atoms with Crippen molar-refractivity contribution in [2.24, 2.45) is 0 Å². The maximum atomic E-state index is 11.6. The van der Waals surface area contributed by atoms with Gasteiger partial charge in [-0.05, 0) is 37.3 Å². The van der Waals surface area contributed by atoms with Crippen molar-refractivity contribution in [1.29, 1.82) is 0 Å². The van der Waals surface area contributed by atoms with E-state index < -0.39 is 5.97 Å². The number of benzene rings is 2. The summed E-state index contributed by atoms with van der Waals surface area (Å²) in [5.41, 5.74) is 6.37. The first-order valence-corrected chi connectivity index (χ1v) is 6.52. The van der Waals surface area contributed by atoms with Crippen LogP contribution in [0.1, 0.15) is 17.3 Å². The Morgan fingerprint density at radius 3 is 2.52 bits per heavy atom. The fourth-order valence-electron chi connectivity index (χ4n) is 1.82. The van der Waals surface area contributed by atoms with Gasteiger partial charge in [0.2, 0.25) is 0 Å². The van der Waals surface area contributed by atoms with Gasteiger partial charge in [-0.2, -0.15) is 0 Å². The standard InChI is InChI=1S/C16H17NO4/c1-3-20-11-5-4-6-12(9-11)21-13-7-8-15(17)14(10-13)16(18)19-2/h4-10H,3,17H2,1-2H3. The SMILES string of the molecule is CCOc1cccc(Oc2ccc(N)c(C(=O)OC)c2)c1. The van der Waals surface area contributed by atoms with Crippen molar-refractivity contribution in [3.63, 3.8) is 0 Å². The van der Waals surface area contributed by atoms with E-state index in [0.29, 0.717) is 23.8 Å². The number of esters is 1. The van der Waals surface area contributed by atoms with Crippen molar-refractivity contribution in [2.75, 3.05) is 19.5 Å². The zero-order valence-corrected chi connectivity index (χ0v) is 12.0. The molecule has 0 radical (unpaired) electrons. The summed E-state index contributed by atoms with van der Waals surface area (Å²) in [7, 11) is 1.31. The van der Waals surface area contributed by atoms with Gasteiger partial charge in [-0.1, -0.05) is 6.07 Å². The van der Waals surface area contributed by atoms with Crippen LogP contribution in [0.4, 0.5) is 5.69 Å². The smallest absolute Gasteiger partial charge is 0.340 e. The minimum Gasteiger partial charge on any atom is -0.494 e. The molecule has 0 aliphatic heterocycles. The lowest BCUT2D eigenvalue weighted by molar-refractivity contribution is 0.0601. The number of ether oxygens (including phenoxy) is 3. The quantitative estimate of drug-likeness (QED) is 0.675. The highest BCUT2D eigenvalue weighted by Crippen LogP contribution is 2.27. The van der Waals surface area contributed by atoms with E-state index in [1.807, 2.05) is 19.1 Å². The molecule has 0 aliphatic rings. The van der Waals surface area contributed by atoms with Gasteiger partial charge in [0.25, 0.3) is 0 Å². The van der Waals surface area contributed by atoms with Gasteiger partial charge in [0, 0.05) is 11.8 Å². The predicted molar refractivity (Wildman–Crippen MR) is 79.9 cm³/mol. The fourth-order valence-corrected chi connectivity index (χ4v) is 1.82. The number of anilines is 1. The zero-order chi connectivity index (χ0) is 15.2. The summed E-state index contributed by atoms with van der Waals surface area (Å²) in [6.07, 6.45) is 0. The van der Waals surface area contributed by atoms with E-state index in [4.69, 9.17) is 15.2 Å². The number of nitrogen functional groups attached to an aromatic ring is 1. The van der Waals surface area contributed by atoms with Crippen LogP contribution >= 0.6 is 0 Å². The number of rotatable bonds is 5. The summed E-state index contributed by atoms with van der Waals surface area (Å²) in [4.78, 5) is 11.6. The number of hydrogen-bond acceptors (Lipinski definition) is 5. The Hall–Kier alpha value is -2.69. The second-order valence-electron chi connectivity index (χ2n) is 4.25. The van der Waals surface area contributed by atoms with Crippen molar-refractivity contribution in [2.45, 2.75) is 6.92 Å². The fraction of sp³-hybridized carbons (Fsp3) is 0.188. The van der Waals surface area contributed by atoms with Crippen molar-refractivity contribution in [3.05, 3.63) is 48.0 Å². The highest BCUT2D eigenvalue weighted by atomic mass is 16.5. The van der Waals surface area contributed by atoms with Crippen LogP contribution in [0.3, 0.4) is 0 Å². The van der Waals surface area contributed by atoms with E-state index in [2.05, 4.69) is 4.74 Å². The minimum atomic E-state index is -0.499. The average molecular weight is 287 g/mol. The maximum absolute atomic E-state index is 11.6. The molecular weight excluding hydrogens is 270 g/mol. The lowest BCUT2D eigenvalue weighted by atomic mass is 10.1. The Balaban J connectivity index is 2.23. The molecule has 2 aromatic carbocycles.